The molecule has 1 rings (SSSR count). The van der Waals surface area contributed by atoms with Gasteiger partial charge in [0.05, 0.1) is 5.84 Å². The Hall–Kier alpha value is -0.530. The maximum absolute atomic E-state index is 7.98. The van der Waals surface area contributed by atoms with Gasteiger partial charge in [-0.15, -0.1) is 0 Å². The first kappa shape index (κ1) is 10.6. The maximum Gasteiger partial charge on any atom is 0.0962 e. The fraction of sp³-hybridized carbons (Fsp3) is 0.909. The van der Waals surface area contributed by atoms with E-state index in [0.29, 0.717) is 12.1 Å². The van der Waals surface area contributed by atoms with Crippen molar-refractivity contribution in [3.05, 3.63) is 0 Å². The summed E-state index contributed by atoms with van der Waals surface area (Å²) >= 11 is 0. The molecule has 0 aliphatic carbocycles. The van der Waals surface area contributed by atoms with Gasteiger partial charge in [-0.05, 0) is 32.6 Å². The van der Waals surface area contributed by atoms with Gasteiger partial charge in [0, 0.05) is 18.5 Å². The molecule has 1 heterocycles. The van der Waals surface area contributed by atoms with Crippen LogP contribution in [0.2, 0.25) is 0 Å². The van der Waals surface area contributed by atoms with Crippen molar-refractivity contribution >= 4 is 5.84 Å². The quantitative estimate of drug-likeness (QED) is 0.527. The molecule has 76 valence electrons. The van der Waals surface area contributed by atoms with Gasteiger partial charge in [-0.3, -0.25) is 5.41 Å². The minimum absolute atomic E-state index is 0.601. The molecule has 0 saturated carbocycles. The molecule has 0 aromatic heterocycles. The summed E-state index contributed by atoms with van der Waals surface area (Å²) in [6.07, 6.45) is 5.78. The van der Waals surface area contributed by atoms with E-state index in [1.165, 1.54) is 19.3 Å². The van der Waals surface area contributed by atoms with Crippen LogP contribution in [0.5, 0.6) is 0 Å². The van der Waals surface area contributed by atoms with E-state index in [0.717, 1.165) is 18.7 Å². The molecule has 0 aromatic carbocycles. The van der Waals surface area contributed by atoms with E-state index in [1.807, 2.05) is 0 Å². The second-order valence-electron chi connectivity index (χ2n) is 4.09. The minimum Gasteiger partial charge on any atom is -0.355 e. The predicted molar refractivity (Wildman–Crippen MR) is 57.2 cm³/mol. The molecule has 1 aliphatic heterocycles. The van der Waals surface area contributed by atoms with Gasteiger partial charge in [0.15, 0.2) is 0 Å². The lowest BCUT2D eigenvalue weighted by atomic mass is 10.1. The van der Waals surface area contributed by atoms with E-state index >= 15 is 0 Å². The number of likely N-dealkylation sites (tertiary alicyclic amines) is 1. The molecular formula is C11H22N2. The second-order valence-corrected chi connectivity index (χ2v) is 4.09. The normalized spacial score (nSPS) is 28.1. The first-order chi connectivity index (χ1) is 6.20. The van der Waals surface area contributed by atoms with Crippen LogP contribution in [-0.2, 0) is 0 Å². The van der Waals surface area contributed by atoms with Gasteiger partial charge in [-0.25, -0.2) is 0 Å². The fourth-order valence-corrected chi connectivity index (χ4v) is 2.32. The molecule has 1 fully saturated rings. The summed E-state index contributed by atoms with van der Waals surface area (Å²) in [5, 5.41) is 7.98. The average Bonchev–Trinajstić information content (AvgIpc) is 2.47. The van der Waals surface area contributed by atoms with E-state index in [2.05, 4.69) is 25.7 Å². The van der Waals surface area contributed by atoms with Crippen molar-refractivity contribution in [3.8, 4) is 0 Å². The van der Waals surface area contributed by atoms with Crippen LogP contribution in [0.1, 0.15) is 52.9 Å². The van der Waals surface area contributed by atoms with Crippen LogP contribution in [0.4, 0.5) is 0 Å². The van der Waals surface area contributed by atoms with E-state index < -0.39 is 0 Å². The standard InChI is InChI=1S/C11H22N2/c1-4-6-11(12)13-9(3)7-8-10(13)5-2/h9-10,12H,4-8H2,1-3H3. The lowest BCUT2D eigenvalue weighted by molar-refractivity contribution is 0.312. The summed E-state index contributed by atoms with van der Waals surface area (Å²) in [7, 11) is 0. The van der Waals surface area contributed by atoms with Crippen LogP contribution in [0.3, 0.4) is 0 Å². The molecule has 0 spiro atoms. The van der Waals surface area contributed by atoms with Crippen LogP contribution >= 0.6 is 0 Å². The Morgan fingerprint density at radius 1 is 1.38 bits per heavy atom. The largest absolute Gasteiger partial charge is 0.355 e. The van der Waals surface area contributed by atoms with Crippen molar-refractivity contribution in [1.82, 2.24) is 4.90 Å². The zero-order chi connectivity index (χ0) is 9.84. The fourth-order valence-electron chi connectivity index (χ4n) is 2.32. The average molecular weight is 182 g/mol. The molecule has 0 radical (unpaired) electrons. The Labute approximate surface area is 81.8 Å². The van der Waals surface area contributed by atoms with Crippen molar-refractivity contribution < 1.29 is 0 Å². The zero-order valence-electron chi connectivity index (χ0n) is 9.14. The highest BCUT2D eigenvalue weighted by molar-refractivity contribution is 5.80. The SMILES string of the molecule is CCCC(=N)N1C(C)CCC1CC. The van der Waals surface area contributed by atoms with Crippen molar-refractivity contribution in [2.45, 2.75) is 65.0 Å². The first-order valence-electron chi connectivity index (χ1n) is 5.56. The van der Waals surface area contributed by atoms with Crippen LogP contribution < -0.4 is 0 Å². The first-order valence-corrected chi connectivity index (χ1v) is 5.56. The molecule has 1 aliphatic rings. The van der Waals surface area contributed by atoms with Gasteiger partial charge >= 0.3 is 0 Å². The maximum atomic E-state index is 7.98. The smallest absolute Gasteiger partial charge is 0.0962 e. The van der Waals surface area contributed by atoms with E-state index in [-0.39, 0.29) is 0 Å². The Morgan fingerprint density at radius 3 is 2.62 bits per heavy atom. The number of hydrogen-bond donors (Lipinski definition) is 1. The molecule has 1 N–H and O–H groups in total. The molecular weight excluding hydrogens is 160 g/mol. The number of hydrogen-bond acceptors (Lipinski definition) is 1. The highest BCUT2D eigenvalue weighted by Gasteiger charge is 2.30. The summed E-state index contributed by atoms with van der Waals surface area (Å²) < 4.78 is 0. The van der Waals surface area contributed by atoms with Crippen LogP contribution in [0.25, 0.3) is 0 Å². The third kappa shape index (κ3) is 2.23. The number of nitrogens with one attached hydrogen (secondary N) is 1. The molecule has 2 nitrogen and oxygen atoms in total. The van der Waals surface area contributed by atoms with E-state index in [4.69, 9.17) is 5.41 Å². The zero-order valence-corrected chi connectivity index (χ0v) is 9.14. The van der Waals surface area contributed by atoms with Crippen molar-refractivity contribution in [2.24, 2.45) is 0 Å². The molecule has 2 unspecified atom stereocenters. The molecule has 0 amide bonds. The lowest BCUT2D eigenvalue weighted by Gasteiger charge is -2.30. The summed E-state index contributed by atoms with van der Waals surface area (Å²) in [6, 6.07) is 1.25. The highest BCUT2D eigenvalue weighted by atomic mass is 15.2. The molecule has 0 bridgehead atoms. The van der Waals surface area contributed by atoms with Gasteiger partial charge in [-0.2, -0.15) is 0 Å². The Morgan fingerprint density at radius 2 is 2.08 bits per heavy atom. The van der Waals surface area contributed by atoms with Gasteiger partial charge in [0.2, 0.25) is 0 Å². The number of nitrogens with zero attached hydrogens (tertiary/aromatic N) is 1. The molecule has 2 heteroatoms. The Balaban J connectivity index is 2.58. The lowest BCUT2D eigenvalue weighted by Crippen LogP contribution is -2.39. The van der Waals surface area contributed by atoms with Gasteiger partial charge in [0.25, 0.3) is 0 Å². The summed E-state index contributed by atoms with van der Waals surface area (Å²) in [5.41, 5.74) is 0. The van der Waals surface area contributed by atoms with E-state index in [1.54, 1.807) is 0 Å². The minimum atomic E-state index is 0.601. The third-order valence-corrected chi connectivity index (χ3v) is 3.06. The van der Waals surface area contributed by atoms with Gasteiger partial charge in [0.1, 0.15) is 0 Å². The van der Waals surface area contributed by atoms with Crippen LogP contribution in [-0.4, -0.2) is 22.8 Å². The summed E-state index contributed by atoms with van der Waals surface area (Å²) in [5.74, 6) is 0.861. The predicted octanol–water partition coefficient (Wildman–Crippen LogP) is 3.03. The van der Waals surface area contributed by atoms with Gasteiger partial charge in [-0.1, -0.05) is 13.8 Å². The monoisotopic (exact) mass is 182 g/mol. The van der Waals surface area contributed by atoms with Crippen molar-refractivity contribution in [2.75, 3.05) is 0 Å². The van der Waals surface area contributed by atoms with Crippen molar-refractivity contribution in [1.29, 1.82) is 5.41 Å². The molecule has 0 aromatic rings. The van der Waals surface area contributed by atoms with Gasteiger partial charge < -0.3 is 4.90 Å². The van der Waals surface area contributed by atoms with Crippen LogP contribution in [0, 0.1) is 5.41 Å². The third-order valence-electron chi connectivity index (χ3n) is 3.06. The summed E-state index contributed by atoms with van der Waals surface area (Å²) in [6.45, 7) is 6.63. The molecule has 1 saturated heterocycles. The molecule has 13 heavy (non-hydrogen) atoms. The highest BCUT2D eigenvalue weighted by Crippen LogP contribution is 2.26. The summed E-state index contributed by atoms with van der Waals surface area (Å²) in [4.78, 5) is 2.34. The van der Waals surface area contributed by atoms with Crippen LogP contribution in [0.15, 0.2) is 0 Å². The number of amidine groups is 1. The Bertz CT molecular complexity index is 177. The van der Waals surface area contributed by atoms with E-state index in [9.17, 15) is 0 Å². The molecule has 2 atom stereocenters. The number of rotatable bonds is 3. The van der Waals surface area contributed by atoms with Crippen molar-refractivity contribution in [3.63, 3.8) is 0 Å². The Kier molecular flexibility index (Phi) is 3.76. The second kappa shape index (κ2) is 4.64. The topological polar surface area (TPSA) is 27.1 Å².